The van der Waals surface area contributed by atoms with Crippen LogP contribution < -0.4 is 10.2 Å². The van der Waals surface area contributed by atoms with Crippen LogP contribution in [0.4, 0.5) is 18.9 Å². The molecule has 6 nitrogen and oxygen atoms in total. The molecule has 3 aliphatic rings. The molecule has 2 amide bonds. The summed E-state index contributed by atoms with van der Waals surface area (Å²) in [6, 6.07) is 28.7. The van der Waals surface area contributed by atoms with Crippen molar-refractivity contribution >= 4 is 39.2 Å². The number of hydrogen-bond donors (Lipinski definition) is 1. The number of benzene rings is 4. The van der Waals surface area contributed by atoms with E-state index < -0.39 is 46.7 Å². The van der Waals surface area contributed by atoms with Crippen LogP contribution in [0.15, 0.2) is 114 Å². The van der Waals surface area contributed by atoms with Crippen LogP contribution in [0.25, 0.3) is 0 Å². The highest BCUT2D eigenvalue weighted by molar-refractivity contribution is 9.10. The molecule has 0 aliphatic carbocycles. The first-order valence-corrected chi connectivity index (χ1v) is 15.3. The predicted molar refractivity (Wildman–Crippen MR) is 165 cm³/mol. The fraction of sp³-hybridized carbons (Fsp3) is 0.229. The standard InChI is InChI=1S/C35H27BrF3N3O3/c36-25-16-17-27-26(18-25)34(32(45)42(27)20-23-12-6-2-7-13-23)33(21-41(31(44)30(33)43)19-22-10-4-1-5-11-22)28(24-14-8-3-9-15-24)29(40-34)35(37,38)39/h1-18,28-29,40H,19-21H2/t28-,29+,33-,34-/m1/s1. The van der Waals surface area contributed by atoms with Crippen LogP contribution in [0.1, 0.15) is 28.2 Å². The molecule has 0 bridgehead atoms. The number of rotatable bonds is 5. The number of hydrogen-bond acceptors (Lipinski definition) is 4. The molecule has 0 radical (unpaired) electrons. The highest BCUT2D eigenvalue weighted by Crippen LogP contribution is 2.65. The van der Waals surface area contributed by atoms with Crippen molar-refractivity contribution in [1.29, 1.82) is 0 Å². The van der Waals surface area contributed by atoms with Crippen molar-refractivity contribution in [3.63, 3.8) is 0 Å². The summed E-state index contributed by atoms with van der Waals surface area (Å²) in [4.78, 5) is 46.4. The number of nitrogens with zero attached hydrogens (tertiary/aromatic N) is 2. The van der Waals surface area contributed by atoms with Gasteiger partial charge < -0.3 is 9.80 Å². The van der Waals surface area contributed by atoms with Crippen molar-refractivity contribution < 1.29 is 27.6 Å². The molecule has 1 N–H and O–H groups in total. The van der Waals surface area contributed by atoms with Crippen LogP contribution in [-0.2, 0) is 33.0 Å². The average molecular weight is 675 g/mol. The summed E-state index contributed by atoms with van der Waals surface area (Å²) in [6.45, 7) is -0.305. The molecule has 3 aliphatic heterocycles. The number of carbonyl (C=O) groups excluding carboxylic acids is 3. The van der Waals surface area contributed by atoms with E-state index in [2.05, 4.69) is 21.2 Å². The van der Waals surface area contributed by atoms with Gasteiger partial charge in [0.1, 0.15) is 11.6 Å². The second-order valence-electron chi connectivity index (χ2n) is 11.8. The Bertz CT molecular complexity index is 1800. The second-order valence-corrected chi connectivity index (χ2v) is 12.7. The van der Waals surface area contributed by atoms with Crippen LogP contribution in [-0.4, -0.2) is 41.3 Å². The van der Waals surface area contributed by atoms with Gasteiger partial charge in [-0.15, -0.1) is 0 Å². The number of fused-ring (bicyclic) bond motifs is 3. The SMILES string of the molecule is O=C1C(=O)[C@@]2(CN1Cc1ccccc1)[C@H](c1ccccc1)[C@@H](C(F)(F)F)N[C@]21C(=O)N(Cc2ccccc2)c2ccc(Br)cc21. The van der Waals surface area contributed by atoms with Gasteiger partial charge in [-0.25, -0.2) is 0 Å². The number of anilines is 1. The summed E-state index contributed by atoms with van der Waals surface area (Å²) in [7, 11) is 0. The number of ketones is 1. The molecule has 7 rings (SSSR count). The molecular formula is C35H27BrF3N3O3. The molecule has 0 saturated carbocycles. The molecule has 45 heavy (non-hydrogen) atoms. The molecular weight excluding hydrogens is 647 g/mol. The smallest absolute Gasteiger partial charge is 0.331 e. The summed E-state index contributed by atoms with van der Waals surface area (Å²) in [5.74, 6) is -4.19. The van der Waals surface area contributed by atoms with Gasteiger partial charge in [0, 0.05) is 34.7 Å². The minimum Gasteiger partial charge on any atom is -0.331 e. The number of nitrogens with one attached hydrogen (secondary N) is 1. The molecule has 10 heteroatoms. The quantitative estimate of drug-likeness (QED) is 0.260. The zero-order valence-corrected chi connectivity index (χ0v) is 25.4. The van der Waals surface area contributed by atoms with Gasteiger partial charge in [0.25, 0.3) is 11.8 Å². The fourth-order valence-corrected chi connectivity index (χ4v) is 7.94. The van der Waals surface area contributed by atoms with E-state index in [1.807, 2.05) is 36.4 Å². The Morgan fingerprint density at radius 1 is 0.800 bits per heavy atom. The van der Waals surface area contributed by atoms with Gasteiger partial charge in [0.2, 0.25) is 5.78 Å². The molecule has 4 atom stereocenters. The van der Waals surface area contributed by atoms with Crippen LogP contribution >= 0.6 is 15.9 Å². The van der Waals surface area contributed by atoms with Crippen LogP contribution in [0.3, 0.4) is 0 Å². The van der Waals surface area contributed by atoms with Crippen molar-refractivity contribution in [3.05, 3.63) is 136 Å². The summed E-state index contributed by atoms with van der Waals surface area (Å²) in [6.07, 6.45) is -4.87. The number of Topliss-reactive ketones (excluding diaryl/α,β-unsaturated/α-hetero) is 1. The lowest BCUT2D eigenvalue weighted by Crippen LogP contribution is -2.61. The number of halogens is 4. The lowest BCUT2D eigenvalue weighted by molar-refractivity contribution is -0.159. The van der Waals surface area contributed by atoms with Gasteiger partial charge in [0.05, 0.1) is 12.0 Å². The normalized spacial score (nSPS) is 26.0. The third-order valence-corrected chi connectivity index (χ3v) is 9.86. The van der Waals surface area contributed by atoms with Crippen molar-refractivity contribution in [3.8, 4) is 0 Å². The number of alkyl halides is 3. The molecule has 0 unspecified atom stereocenters. The third kappa shape index (κ3) is 4.37. The molecule has 4 aromatic carbocycles. The molecule has 2 saturated heterocycles. The monoisotopic (exact) mass is 673 g/mol. The molecule has 3 heterocycles. The van der Waals surface area contributed by atoms with Crippen molar-refractivity contribution in [2.75, 3.05) is 11.4 Å². The Morgan fingerprint density at radius 2 is 1.38 bits per heavy atom. The molecule has 2 spiro atoms. The Balaban J connectivity index is 1.49. The number of amides is 2. The van der Waals surface area contributed by atoms with Crippen LogP contribution in [0, 0.1) is 5.41 Å². The van der Waals surface area contributed by atoms with E-state index in [0.717, 1.165) is 5.56 Å². The predicted octanol–water partition coefficient (Wildman–Crippen LogP) is 6.11. The second kappa shape index (κ2) is 10.7. The highest BCUT2D eigenvalue weighted by Gasteiger charge is 2.81. The van der Waals surface area contributed by atoms with Crippen molar-refractivity contribution in [2.24, 2.45) is 5.41 Å². The topological polar surface area (TPSA) is 69.7 Å². The highest BCUT2D eigenvalue weighted by atomic mass is 79.9. The molecule has 2 fully saturated rings. The fourth-order valence-electron chi connectivity index (χ4n) is 7.57. The van der Waals surface area contributed by atoms with Crippen LogP contribution in [0.2, 0.25) is 0 Å². The van der Waals surface area contributed by atoms with Crippen molar-refractivity contribution in [1.82, 2.24) is 10.2 Å². The number of likely N-dealkylation sites (tertiary alicyclic amines) is 1. The van der Waals surface area contributed by atoms with E-state index >= 15 is 18.0 Å². The summed E-state index contributed by atoms with van der Waals surface area (Å²) < 4.78 is 46.3. The Kier molecular flexibility index (Phi) is 6.98. The lowest BCUT2D eigenvalue weighted by Gasteiger charge is -2.40. The lowest BCUT2D eigenvalue weighted by atomic mass is 9.59. The van der Waals surface area contributed by atoms with Gasteiger partial charge in [-0.1, -0.05) is 107 Å². The zero-order chi connectivity index (χ0) is 31.6. The van der Waals surface area contributed by atoms with E-state index in [1.165, 1.54) is 21.9 Å². The van der Waals surface area contributed by atoms with Gasteiger partial charge in [-0.2, -0.15) is 13.2 Å². The first-order valence-electron chi connectivity index (χ1n) is 14.5. The van der Waals surface area contributed by atoms with Crippen LogP contribution in [0.5, 0.6) is 0 Å². The number of carbonyl (C=O) groups is 3. The Morgan fingerprint density at radius 3 is 1.98 bits per heavy atom. The molecule has 4 aromatic rings. The van der Waals surface area contributed by atoms with E-state index in [0.29, 0.717) is 15.7 Å². The maximum Gasteiger partial charge on any atom is 0.404 e. The van der Waals surface area contributed by atoms with Crippen molar-refractivity contribution in [2.45, 2.75) is 36.8 Å². The van der Waals surface area contributed by atoms with E-state index in [4.69, 9.17) is 0 Å². The van der Waals surface area contributed by atoms with Gasteiger partial charge in [0.15, 0.2) is 0 Å². The van der Waals surface area contributed by atoms with Gasteiger partial charge in [-0.3, -0.25) is 19.7 Å². The maximum absolute atomic E-state index is 15.3. The maximum atomic E-state index is 15.3. The largest absolute Gasteiger partial charge is 0.404 e. The molecule has 228 valence electrons. The van der Waals surface area contributed by atoms with E-state index in [9.17, 15) is 9.59 Å². The minimum atomic E-state index is -4.87. The first kappa shape index (κ1) is 29.4. The summed E-state index contributed by atoms with van der Waals surface area (Å²) in [5, 5.41) is 2.74. The van der Waals surface area contributed by atoms with E-state index in [-0.39, 0.29) is 30.8 Å². The molecule has 0 aromatic heterocycles. The summed E-state index contributed by atoms with van der Waals surface area (Å²) in [5.41, 5.74) is -2.01. The Hall–Kier alpha value is -4.28. The average Bonchev–Trinajstić information content (AvgIpc) is 3.57. The minimum absolute atomic E-state index is 0.00863. The third-order valence-electron chi connectivity index (χ3n) is 9.36. The zero-order valence-electron chi connectivity index (χ0n) is 23.8. The van der Waals surface area contributed by atoms with Gasteiger partial charge >= 0.3 is 6.18 Å². The Labute approximate surface area is 266 Å². The first-order chi connectivity index (χ1) is 21.6. The van der Waals surface area contributed by atoms with Gasteiger partial charge in [-0.05, 0) is 34.9 Å². The summed E-state index contributed by atoms with van der Waals surface area (Å²) >= 11 is 3.45. The van der Waals surface area contributed by atoms with E-state index in [1.54, 1.807) is 60.7 Å².